The first-order chi connectivity index (χ1) is 15.5. The number of epoxide rings is 1. The fraction of sp³-hybridized carbons (Fsp3) is 0.545. The molecule has 0 aliphatic carbocycles. The third kappa shape index (κ3) is 8.50. The highest BCUT2D eigenvalue weighted by molar-refractivity contribution is 5.98. The van der Waals surface area contributed by atoms with Gasteiger partial charge >= 0.3 is 6.61 Å². The number of hydrogen-bond acceptors (Lipinski definition) is 6. The molecule has 0 aromatic heterocycles. The van der Waals surface area contributed by atoms with E-state index in [2.05, 4.69) is 15.4 Å². The number of halogens is 2. The normalized spacial score (nSPS) is 19.9. The van der Waals surface area contributed by atoms with Gasteiger partial charge in [0, 0.05) is 12.3 Å². The van der Waals surface area contributed by atoms with Gasteiger partial charge in [0.05, 0.1) is 19.3 Å². The molecule has 1 saturated heterocycles. The summed E-state index contributed by atoms with van der Waals surface area (Å²) in [6.07, 6.45) is 0.119. The van der Waals surface area contributed by atoms with E-state index in [0.29, 0.717) is 0 Å². The second-order valence-electron chi connectivity index (χ2n) is 8.19. The number of amides is 3. The van der Waals surface area contributed by atoms with E-state index < -0.39 is 54.5 Å². The minimum absolute atomic E-state index is 0.121. The summed E-state index contributed by atoms with van der Waals surface area (Å²) in [6.45, 7) is -0.619. The van der Waals surface area contributed by atoms with Crippen molar-refractivity contribution in [3.63, 3.8) is 0 Å². The molecular formula is C22H29F2N3O6. The molecule has 1 fully saturated rings. The van der Waals surface area contributed by atoms with Crippen molar-refractivity contribution in [2.45, 2.75) is 57.4 Å². The fourth-order valence-corrected chi connectivity index (χ4v) is 3.06. The molecule has 2 rings (SSSR count). The maximum Gasteiger partial charge on any atom is 0.345 e. The number of primary amides is 1. The van der Waals surface area contributed by atoms with Gasteiger partial charge in [0.1, 0.15) is 11.6 Å². The fourth-order valence-electron chi connectivity index (χ4n) is 3.06. The van der Waals surface area contributed by atoms with Crippen LogP contribution in [0.25, 0.3) is 0 Å². The molecular weight excluding hydrogens is 440 g/mol. The van der Waals surface area contributed by atoms with E-state index in [1.165, 1.54) is 0 Å². The Hall–Kier alpha value is -2.92. The van der Waals surface area contributed by atoms with Gasteiger partial charge in [-0.05, 0) is 25.3 Å². The quantitative estimate of drug-likeness (QED) is 0.343. The number of nitrogens with two attached hydrogens (primary N) is 1. The molecule has 1 aromatic rings. The van der Waals surface area contributed by atoms with E-state index in [9.17, 15) is 28.0 Å². The lowest BCUT2D eigenvalue weighted by Crippen LogP contribution is -2.55. The number of Topliss-reactive ketones (excluding diaryl/α,β-unsaturated/α-hetero) is 1. The van der Waals surface area contributed by atoms with Crippen LogP contribution in [0.5, 0.6) is 0 Å². The molecule has 4 atom stereocenters. The highest BCUT2D eigenvalue weighted by Crippen LogP contribution is 2.29. The molecule has 1 aromatic carbocycles. The lowest BCUT2D eigenvalue weighted by Gasteiger charge is -2.24. The molecule has 11 heteroatoms. The molecule has 0 spiro atoms. The topological polar surface area (TPSA) is 140 Å². The van der Waals surface area contributed by atoms with Gasteiger partial charge in [-0.15, -0.1) is 0 Å². The molecule has 0 saturated carbocycles. The molecule has 9 nitrogen and oxygen atoms in total. The van der Waals surface area contributed by atoms with E-state index in [0.717, 1.165) is 5.56 Å². The Morgan fingerprint density at radius 1 is 1.15 bits per heavy atom. The number of nitrogens with one attached hydrogen (secondary N) is 2. The summed E-state index contributed by atoms with van der Waals surface area (Å²) in [5, 5.41) is 4.87. The summed E-state index contributed by atoms with van der Waals surface area (Å²) in [5.41, 5.74) is 4.90. The SMILES string of the molecule is C[C@@H](CCC(=O)N[C@@H](COC(F)F)C(=O)N[C@@H](Cc1ccccc1)C(=O)[C@@]1(C)CO1)C(N)=O. The number of alkyl halides is 2. The number of ether oxygens (including phenoxy) is 2. The van der Waals surface area contributed by atoms with E-state index in [1.54, 1.807) is 44.2 Å². The zero-order valence-corrected chi connectivity index (χ0v) is 18.5. The van der Waals surface area contributed by atoms with Crippen LogP contribution in [0.2, 0.25) is 0 Å². The predicted molar refractivity (Wildman–Crippen MR) is 113 cm³/mol. The van der Waals surface area contributed by atoms with Gasteiger partial charge in [-0.1, -0.05) is 37.3 Å². The molecule has 0 unspecified atom stereocenters. The summed E-state index contributed by atoms with van der Waals surface area (Å²) in [4.78, 5) is 49.1. The number of rotatable bonds is 14. The van der Waals surface area contributed by atoms with Gasteiger partial charge < -0.3 is 25.8 Å². The van der Waals surface area contributed by atoms with Crippen LogP contribution < -0.4 is 16.4 Å². The summed E-state index contributed by atoms with van der Waals surface area (Å²) >= 11 is 0. The number of ketones is 1. The highest BCUT2D eigenvalue weighted by Gasteiger charge is 2.50. The summed E-state index contributed by atoms with van der Waals surface area (Å²) in [7, 11) is 0. The van der Waals surface area contributed by atoms with E-state index in [4.69, 9.17) is 10.5 Å². The molecule has 1 heterocycles. The predicted octanol–water partition coefficient (Wildman–Crippen LogP) is 0.698. The number of carbonyl (C=O) groups is 4. The molecule has 3 amide bonds. The van der Waals surface area contributed by atoms with Crippen molar-refractivity contribution < 1.29 is 37.4 Å². The van der Waals surface area contributed by atoms with Gasteiger partial charge in [0.15, 0.2) is 5.78 Å². The van der Waals surface area contributed by atoms with Crippen molar-refractivity contribution in [3.05, 3.63) is 35.9 Å². The Morgan fingerprint density at radius 2 is 1.79 bits per heavy atom. The zero-order chi connectivity index (χ0) is 24.6. The third-order valence-electron chi connectivity index (χ3n) is 5.34. The third-order valence-corrected chi connectivity index (χ3v) is 5.34. The average molecular weight is 469 g/mol. The van der Waals surface area contributed by atoms with Crippen molar-refractivity contribution in [3.8, 4) is 0 Å². The highest BCUT2D eigenvalue weighted by atomic mass is 19.3. The number of benzene rings is 1. The van der Waals surface area contributed by atoms with Crippen molar-refractivity contribution in [2.75, 3.05) is 13.2 Å². The first-order valence-electron chi connectivity index (χ1n) is 10.5. The molecule has 0 bridgehead atoms. The minimum atomic E-state index is -3.16. The second kappa shape index (κ2) is 11.8. The second-order valence-corrected chi connectivity index (χ2v) is 8.19. The van der Waals surface area contributed by atoms with Crippen LogP contribution in [0.4, 0.5) is 8.78 Å². The van der Waals surface area contributed by atoms with Gasteiger partial charge in [0.2, 0.25) is 17.7 Å². The summed E-state index contributed by atoms with van der Waals surface area (Å²) < 4.78 is 34.6. The summed E-state index contributed by atoms with van der Waals surface area (Å²) in [5.74, 6) is -3.03. The number of carbonyl (C=O) groups excluding carboxylic acids is 4. The lowest BCUT2D eigenvalue weighted by atomic mass is 9.94. The van der Waals surface area contributed by atoms with Crippen LogP contribution in [0.3, 0.4) is 0 Å². The average Bonchev–Trinajstić information content (AvgIpc) is 3.52. The van der Waals surface area contributed by atoms with Crippen molar-refractivity contribution in [1.29, 1.82) is 0 Å². The Bertz CT molecular complexity index is 848. The van der Waals surface area contributed by atoms with Crippen LogP contribution in [0.15, 0.2) is 30.3 Å². The van der Waals surface area contributed by atoms with Crippen LogP contribution in [-0.4, -0.2) is 61.0 Å². The van der Waals surface area contributed by atoms with Crippen molar-refractivity contribution in [2.24, 2.45) is 11.7 Å². The smallest absolute Gasteiger partial charge is 0.345 e. The minimum Gasteiger partial charge on any atom is -0.369 e. The monoisotopic (exact) mass is 469 g/mol. The van der Waals surface area contributed by atoms with Crippen LogP contribution >= 0.6 is 0 Å². The lowest BCUT2D eigenvalue weighted by molar-refractivity contribution is -0.148. The standard InChI is InChI=1S/C22H29F2N3O6/c1-13(19(25)30)8-9-17(28)26-16(11-32-21(23)24)20(31)27-15(18(29)22(2)12-33-22)10-14-6-4-3-5-7-14/h3-7,13,15-16,21H,8-12H2,1-2H3,(H2,25,30)(H,26,28)(H,27,31)/t13-,15-,16-,22+/m0/s1. The van der Waals surface area contributed by atoms with Crippen molar-refractivity contribution >= 4 is 23.5 Å². The van der Waals surface area contributed by atoms with Gasteiger partial charge in [-0.3, -0.25) is 19.2 Å². The molecule has 33 heavy (non-hydrogen) atoms. The van der Waals surface area contributed by atoms with E-state index in [-0.39, 0.29) is 31.7 Å². The van der Waals surface area contributed by atoms with Gasteiger partial charge in [0.25, 0.3) is 0 Å². The Labute approximate surface area is 190 Å². The Kier molecular flexibility index (Phi) is 9.42. The largest absolute Gasteiger partial charge is 0.369 e. The van der Waals surface area contributed by atoms with Gasteiger partial charge in [-0.25, -0.2) is 0 Å². The van der Waals surface area contributed by atoms with Crippen molar-refractivity contribution in [1.82, 2.24) is 10.6 Å². The maximum absolute atomic E-state index is 12.9. The van der Waals surface area contributed by atoms with E-state index in [1.807, 2.05) is 0 Å². The molecule has 4 N–H and O–H groups in total. The Balaban J connectivity index is 2.09. The first-order valence-corrected chi connectivity index (χ1v) is 10.5. The number of hydrogen-bond donors (Lipinski definition) is 3. The zero-order valence-electron chi connectivity index (χ0n) is 18.5. The molecule has 1 aliphatic rings. The molecule has 182 valence electrons. The van der Waals surface area contributed by atoms with Crippen LogP contribution in [0, 0.1) is 5.92 Å². The van der Waals surface area contributed by atoms with Crippen LogP contribution in [0.1, 0.15) is 32.3 Å². The summed E-state index contributed by atoms with van der Waals surface area (Å²) in [6, 6.07) is 6.43. The first kappa shape index (κ1) is 26.3. The Morgan fingerprint density at radius 3 is 2.33 bits per heavy atom. The molecule has 0 radical (unpaired) electrons. The maximum atomic E-state index is 12.9. The van der Waals surface area contributed by atoms with Crippen LogP contribution in [-0.2, 0) is 35.1 Å². The van der Waals surface area contributed by atoms with Gasteiger partial charge in [-0.2, -0.15) is 8.78 Å². The molecule has 1 aliphatic heterocycles. The van der Waals surface area contributed by atoms with E-state index >= 15 is 0 Å².